The van der Waals surface area contributed by atoms with Gasteiger partial charge in [0.1, 0.15) is 11.8 Å². The maximum atomic E-state index is 10.9. The summed E-state index contributed by atoms with van der Waals surface area (Å²) in [7, 11) is 1.27. The number of fused-ring (bicyclic) bond motifs is 1. The summed E-state index contributed by atoms with van der Waals surface area (Å²) in [5.74, 6) is 0.745. The van der Waals surface area contributed by atoms with Crippen molar-refractivity contribution >= 4 is 11.8 Å². The van der Waals surface area contributed by atoms with Gasteiger partial charge >= 0.3 is 6.09 Å². The lowest BCUT2D eigenvalue weighted by Gasteiger charge is -2.07. The van der Waals surface area contributed by atoms with Gasteiger partial charge < -0.3 is 9.47 Å². The molecule has 1 heterocycles. The third-order valence-electron chi connectivity index (χ3n) is 3.06. The summed E-state index contributed by atoms with van der Waals surface area (Å²) in [5, 5.41) is 7.34. The molecule has 5 nitrogen and oxygen atoms in total. The molecule has 2 rings (SSSR count). The zero-order chi connectivity index (χ0) is 13.1. The van der Waals surface area contributed by atoms with Crippen LogP contribution >= 0.6 is 0 Å². The van der Waals surface area contributed by atoms with Gasteiger partial charge in [-0.2, -0.15) is 0 Å². The Labute approximate surface area is 106 Å². The first-order chi connectivity index (χ1) is 8.65. The van der Waals surface area contributed by atoms with Crippen LogP contribution in [0.1, 0.15) is 24.5 Å². The Kier molecular flexibility index (Phi) is 3.60. The average Bonchev–Trinajstić information content (AvgIpc) is 2.82. The maximum Gasteiger partial charge on any atom is 0.452 e. The fraction of sp³-hybridized carbons (Fsp3) is 0.462. The van der Waals surface area contributed by atoms with E-state index >= 15 is 0 Å². The van der Waals surface area contributed by atoms with Gasteiger partial charge in [-0.1, -0.05) is 18.1 Å². The zero-order valence-electron chi connectivity index (χ0n) is 10.8. The summed E-state index contributed by atoms with van der Waals surface area (Å²) in [4.78, 5) is 10.9. The van der Waals surface area contributed by atoms with Crippen molar-refractivity contribution in [3.8, 4) is 5.75 Å². The summed E-state index contributed by atoms with van der Waals surface area (Å²) in [5.41, 5.74) is 2.91. The lowest BCUT2D eigenvalue weighted by Crippen LogP contribution is -2.10. The SMILES string of the molecule is CCC1Cc2c(C)ccc(/N=N/C(=O)OC)c2O1. The average molecular weight is 248 g/mol. The molecule has 0 fully saturated rings. The number of rotatable bonds is 2. The van der Waals surface area contributed by atoms with Crippen molar-refractivity contribution in [1.29, 1.82) is 0 Å². The molecule has 1 aromatic rings. The first-order valence-electron chi connectivity index (χ1n) is 5.94. The van der Waals surface area contributed by atoms with E-state index in [1.165, 1.54) is 12.7 Å². The number of nitrogens with zero attached hydrogens (tertiary/aromatic N) is 2. The molecule has 0 N–H and O–H groups in total. The topological polar surface area (TPSA) is 60.2 Å². The Bertz CT molecular complexity index is 497. The summed E-state index contributed by atoms with van der Waals surface area (Å²) in [6, 6.07) is 3.77. The molecule has 1 atom stereocenters. The van der Waals surface area contributed by atoms with Crippen LogP contribution in [0.4, 0.5) is 10.5 Å². The number of carbonyl (C=O) groups is 1. The number of amides is 1. The Morgan fingerprint density at radius 3 is 3.00 bits per heavy atom. The highest BCUT2D eigenvalue weighted by molar-refractivity contribution is 5.68. The number of methoxy groups -OCH3 is 1. The number of hydrogen-bond donors (Lipinski definition) is 0. The number of aryl methyl sites for hydroxylation is 1. The van der Waals surface area contributed by atoms with Crippen LogP contribution in [0.5, 0.6) is 5.75 Å². The number of ether oxygens (including phenoxy) is 2. The van der Waals surface area contributed by atoms with Crippen molar-refractivity contribution in [2.24, 2.45) is 10.2 Å². The molecular weight excluding hydrogens is 232 g/mol. The second-order valence-corrected chi connectivity index (χ2v) is 4.23. The van der Waals surface area contributed by atoms with Crippen molar-refractivity contribution in [3.05, 3.63) is 23.3 Å². The predicted octanol–water partition coefficient (Wildman–Crippen LogP) is 3.56. The normalized spacial score (nSPS) is 17.6. The van der Waals surface area contributed by atoms with Crippen LogP contribution in [0.25, 0.3) is 0 Å². The monoisotopic (exact) mass is 248 g/mol. The van der Waals surface area contributed by atoms with E-state index < -0.39 is 6.09 Å². The van der Waals surface area contributed by atoms with Crippen LogP contribution in [0, 0.1) is 6.92 Å². The number of carbonyl (C=O) groups excluding carboxylic acids is 1. The van der Waals surface area contributed by atoms with Crippen molar-refractivity contribution in [2.45, 2.75) is 32.8 Å². The Hall–Kier alpha value is -1.91. The quantitative estimate of drug-likeness (QED) is 0.752. The Morgan fingerprint density at radius 1 is 1.56 bits per heavy atom. The number of benzene rings is 1. The molecule has 1 aliphatic rings. The maximum absolute atomic E-state index is 10.9. The third-order valence-corrected chi connectivity index (χ3v) is 3.06. The third kappa shape index (κ3) is 2.34. The highest BCUT2D eigenvalue weighted by Crippen LogP contribution is 2.40. The minimum absolute atomic E-state index is 0.188. The summed E-state index contributed by atoms with van der Waals surface area (Å²) >= 11 is 0. The minimum Gasteiger partial charge on any atom is -0.487 e. The second-order valence-electron chi connectivity index (χ2n) is 4.23. The van der Waals surface area contributed by atoms with Crippen LogP contribution in [0.2, 0.25) is 0 Å². The van der Waals surface area contributed by atoms with E-state index in [2.05, 4.69) is 21.9 Å². The van der Waals surface area contributed by atoms with E-state index in [0.717, 1.165) is 24.2 Å². The van der Waals surface area contributed by atoms with Crippen molar-refractivity contribution in [3.63, 3.8) is 0 Å². The van der Waals surface area contributed by atoms with E-state index in [4.69, 9.17) is 4.74 Å². The van der Waals surface area contributed by atoms with Gasteiger partial charge in [0.2, 0.25) is 0 Å². The summed E-state index contributed by atoms with van der Waals surface area (Å²) in [6.07, 6.45) is 1.31. The molecule has 0 radical (unpaired) electrons. The van der Waals surface area contributed by atoms with E-state index in [0.29, 0.717) is 5.69 Å². The highest BCUT2D eigenvalue weighted by atomic mass is 16.5. The van der Waals surface area contributed by atoms with E-state index in [1.807, 2.05) is 13.0 Å². The van der Waals surface area contributed by atoms with Crippen LogP contribution in [0.3, 0.4) is 0 Å². The second kappa shape index (κ2) is 5.16. The highest BCUT2D eigenvalue weighted by Gasteiger charge is 2.25. The molecule has 18 heavy (non-hydrogen) atoms. The molecule has 5 heteroatoms. The van der Waals surface area contributed by atoms with E-state index in [-0.39, 0.29) is 6.10 Å². The smallest absolute Gasteiger partial charge is 0.452 e. The summed E-state index contributed by atoms with van der Waals surface area (Å²) in [6.45, 7) is 4.13. The standard InChI is InChI=1S/C13H16N2O3/c1-4-9-7-10-8(2)5-6-11(12(10)18-9)14-15-13(16)17-3/h5-6,9H,4,7H2,1-3H3/b15-14+. The van der Waals surface area contributed by atoms with Crippen LogP contribution in [-0.4, -0.2) is 19.3 Å². The molecule has 1 unspecified atom stereocenters. The predicted molar refractivity (Wildman–Crippen MR) is 66.5 cm³/mol. The first-order valence-corrected chi connectivity index (χ1v) is 5.94. The fourth-order valence-electron chi connectivity index (χ4n) is 1.98. The van der Waals surface area contributed by atoms with Gasteiger partial charge in [0.25, 0.3) is 0 Å². The molecule has 1 amide bonds. The van der Waals surface area contributed by atoms with Crippen molar-refractivity contribution < 1.29 is 14.3 Å². The van der Waals surface area contributed by atoms with Gasteiger partial charge in [-0.25, -0.2) is 4.79 Å². The van der Waals surface area contributed by atoms with Gasteiger partial charge in [0.15, 0.2) is 5.75 Å². The fourth-order valence-corrected chi connectivity index (χ4v) is 1.98. The molecule has 96 valence electrons. The van der Waals surface area contributed by atoms with Gasteiger partial charge in [0, 0.05) is 12.0 Å². The lowest BCUT2D eigenvalue weighted by molar-refractivity contribution is 0.180. The molecule has 0 aromatic heterocycles. The van der Waals surface area contributed by atoms with Crippen molar-refractivity contribution in [1.82, 2.24) is 0 Å². The first kappa shape index (κ1) is 12.5. The lowest BCUT2D eigenvalue weighted by atomic mass is 10.0. The van der Waals surface area contributed by atoms with Crippen LogP contribution in [0.15, 0.2) is 22.4 Å². The Morgan fingerprint density at radius 2 is 2.33 bits per heavy atom. The molecule has 0 aliphatic carbocycles. The number of azo groups is 1. The summed E-state index contributed by atoms with van der Waals surface area (Å²) < 4.78 is 10.2. The molecule has 0 spiro atoms. The zero-order valence-corrected chi connectivity index (χ0v) is 10.8. The molecule has 0 saturated carbocycles. The largest absolute Gasteiger partial charge is 0.487 e. The molecule has 0 bridgehead atoms. The molecule has 1 aliphatic heterocycles. The molecular formula is C13H16N2O3. The van der Waals surface area contributed by atoms with Gasteiger partial charge in [0.05, 0.1) is 7.11 Å². The van der Waals surface area contributed by atoms with Gasteiger partial charge in [-0.3, -0.25) is 0 Å². The van der Waals surface area contributed by atoms with Gasteiger partial charge in [-0.05, 0) is 25.0 Å². The van der Waals surface area contributed by atoms with Crippen LogP contribution in [-0.2, 0) is 11.2 Å². The van der Waals surface area contributed by atoms with E-state index in [1.54, 1.807) is 6.07 Å². The van der Waals surface area contributed by atoms with Crippen LogP contribution < -0.4 is 4.74 Å². The van der Waals surface area contributed by atoms with E-state index in [9.17, 15) is 4.79 Å². The number of hydrogen-bond acceptors (Lipinski definition) is 4. The Balaban J connectivity index is 2.32. The van der Waals surface area contributed by atoms with Crippen molar-refractivity contribution in [2.75, 3.05) is 7.11 Å². The molecule has 0 saturated heterocycles. The van der Waals surface area contributed by atoms with Gasteiger partial charge in [-0.15, -0.1) is 5.11 Å². The molecule has 1 aromatic carbocycles. The minimum atomic E-state index is -0.714.